The van der Waals surface area contributed by atoms with Crippen LogP contribution in [0.15, 0.2) is 48.7 Å². The lowest BCUT2D eigenvalue weighted by molar-refractivity contribution is -0.140. The number of aryl methyl sites for hydroxylation is 2. The highest BCUT2D eigenvalue weighted by Crippen LogP contribution is 2.32. The Hall–Kier alpha value is -3.95. The van der Waals surface area contributed by atoms with E-state index in [0.29, 0.717) is 35.8 Å². The molecule has 5 rings (SSSR count). The van der Waals surface area contributed by atoms with Crippen molar-refractivity contribution in [3.63, 3.8) is 0 Å². The number of rotatable bonds is 2. The van der Waals surface area contributed by atoms with Gasteiger partial charge < -0.3 is 9.64 Å². The molecule has 4 aromatic rings. The van der Waals surface area contributed by atoms with Crippen LogP contribution >= 0.6 is 0 Å². The minimum atomic E-state index is -4.51. The molecule has 33 heavy (non-hydrogen) atoms. The number of carbonyl (C=O) groups is 1. The van der Waals surface area contributed by atoms with E-state index in [0.717, 1.165) is 22.9 Å². The molecule has 0 saturated heterocycles. The number of fused-ring (bicyclic) bond motifs is 2. The zero-order valence-electron chi connectivity index (χ0n) is 17.7. The van der Waals surface area contributed by atoms with Crippen LogP contribution in [-0.2, 0) is 13.2 Å². The van der Waals surface area contributed by atoms with Crippen LogP contribution in [0.25, 0.3) is 22.3 Å². The number of alkyl halides is 3. The number of carbonyl (C=O) groups excluding carboxylic acids is 1. The molecule has 168 valence electrons. The van der Waals surface area contributed by atoms with Gasteiger partial charge in [0.25, 0.3) is 5.91 Å². The predicted octanol–water partition coefficient (Wildman–Crippen LogP) is 4.40. The van der Waals surface area contributed by atoms with Crippen molar-refractivity contribution in [2.24, 2.45) is 7.05 Å². The van der Waals surface area contributed by atoms with Crippen LogP contribution in [0.3, 0.4) is 0 Å². The fourth-order valence-corrected chi connectivity index (χ4v) is 3.92. The maximum atomic E-state index is 13.2. The van der Waals surface area contributed by atoms with E-state index in [1.807, 2.05) is 25.1 Å². The number of ether oxygens (including phenoxy) is 1. The molecule has 10 heteroatoms. The predicted molar refractivity (Wildman–Crippen MR) is 115 cm³/mol. The van der Waals surface area contributed by atoms with E-state index < -0.39 is 11.9 Å². The third kappa shape index (κ3) is 3.67. The van der Waals surface area contributed by atoms with Crippen LogP contribution in [0.5, 0.6) is 5.75 Å². The van der Waals surface area contributed by atoms with Crippen LogP contribution < -0.4 is 9.64 Å². The van der Waals surface area contributed by atoms with Gasteiger partial charge in [-0.3, -0.25) is 9.48 Å². The minimum absolute atomic E-state index is 0.170. The average Bonchev–Trinajstić information content (AvgIpc) is 3.06. The minimum Gasteiger partial charge on any atom is -0.488 e. The maximum absolute atomic E-state index is 13.2. The fraction of sp³-hybridized carbons (Fsp3) is 0.217. The van der Waals surface area contributed by atoms with Crippen molar-refractivity contribution in [3.8, 4) is 17.0 Å². The molecule has 0 fully saturated rings. The highest BCUT2D eigenvalue weighted by Gasteiger charge is 2.32. The van der Waals surface area contributed by atoms with Crippen LogP contribution in [-0.4, -0.2) is 38.8 Å². The molecule has 0 spiro atoms. The summed E-state index contributed by atoms with van der Waals surface area (Å²) >= 11 is 0. The topological polar surface area (TPSA) is 73.1 Å². The summed E-state index contributed by atoms with van der Waals surface area (Å²) in [5, 5.41) is 4.11. The molecule has 0 bridgehead atoms. The molecule has 0 unspecified atom stereocenters. The molecule has 4 heterocycles. The van der Waals surface area contributed by atoms with Crippen molar-refractivity contribution in [3.05, 3.63) is 65.6 Å². The number of hydrogen-bond donors (Lipinski definition) is 0. The van der Waals surface area contributed by atoms with Crippen molar-refractivity contribution in [1.82, 2.24) is 19.7 Å². The number of halogens is 3. The van der Waals surface area contributed by atoms with Crippen molar-refractivity contribution < 1.29 is 22.7 Å². The highest BCUT2D eigenvalue weighted by molar-refractivity contribution is 6.07. The monoisotopic (exact) mass is 453 g/mol. The smallest absolute Gasteiger partial charge is 0.433 e. The number of amides is 1. The Morgan fingerprint density at radius 3 is 2.55 bits per heavy atom. The first-order valence-corrected chi connectivity index (χ1v) is 10.1. The molecule has 1 aliphatic heterocycles. The van der Waals surface area contributed by atoms with E-state index in [2.05, 4.69) is 15.1 Å². The molecule has 0 saturated carbocycles. The van der Waals surface area contributed by atoms with E-state index in [-0.39, 0.29) is 11.4 Å². The van der Waals surface area contributed by atoms with Crippen LogP contribution in [0.1, 0.15) is 21.7 Å². The Morgan fingerprint density at radius 2 is 1.79 bits per heavy atom. The molecule has 0 N–H and O–H groups in total. The first-order chi connectivity index (χ1) is 15.7. The van der Waals surface area contributed by atoms with Crippen molar-refractivity contribution in [2.75, 3.05) is 18.1 Å². The molecular formula is C23H18F3N5O2. The lowest BCUT2D eigenvalue weighted by Gasteiger charge is -2.22. The molecular weight excluding hydrogens is 435 g/mol. The summed E-state index contributed by atoms with van der Waals surface area (Å²) in [5.41, 5.74) is 2.92. The zero-order chi connectivity index (χ0) is 23.3. The summed E-state index contributed by atoms with van der Waals surface area (Å²) in [6.07, 6.45) is -2.98. The summed E-state index contributed by atoms with van der Waals surface area (Å²) in [6, 6.07) is 11.0. The van der Waals surface area contributed by atoms with Gasteiger partial charge in [-0.25, -0.2) is 9.97 Å². The van der Waals surface area contributed by atoms with Gasteiger partial charge >= 0.3 is 6.18 Å². The van der Waals surface area contributed by atoms with E-state index in [1.165, 1.54) is 23.0 Å². The largest absolute Gasteiger partial charge is 0.488 e. The van der Waals surface area contributed by atoms with E-state index in [1.54, 1.807) is 18.0 Å². The normalized spacial score (nSPS) is 14.2. The average molecular weight is 453 g/mol. The van der Waals surface area contributed by atoms with Crippen LogP contribution in [0, 0.1) is 6.92 Å². The summed E-state index contributed by atoms with van der Waals surface area (Å²) in [4.78, 5) is 22.9. The van der Waals surface area contributed by atoms with Crippen LogP contribution in [0.2, 0.25) is 0 Å². The zero-order valence-corrected chi connectivity index (χ0v) is 17.7. The van der Waals surface area contributed by atoms with Gasteiger partial charge in [0.1, 0.15) is 12.3 Å². The van der Waals surface area contributed by atoms with Crippen molar-refractivity contribution in [1.29, 1.82) is 0 Å². The second-order valence-corrected chi connectivity index (χ2v) is 7.72. The third-order valence-corrected chi connectivity index (χ3v) is 5.54. The molecule has 0 atom stereocenters. The number of hydrogen-bond acceptors (Lipinski definition) is 5. The Morgan fingerprint density at radius 1 is 1.03 bits per heavy atom. The Bertz CT molecular complexity index is 1400. The molecule has 1 amide bonds. The van der Waals surface area contributed by atoms with E-state index in [4.69, 9.17) is 4.74 Å². The molecule has 3 aromatic heterocycles. The fourth-order valence-electron chi connectivity index (χ4n) is 3.92. The number of aromatic nitrogens is 4. The lowest BCUT2D eigenvalue weighted by atomic mass is 10.0. The lowest BCUT2D eigenvalue weighted by Crippen LogP contribution is -2.34. The molecule has 0 aliphatic carbocycles. The third-order valence-electron chi connectivity index (χ3n) is 5.54. The van der Waals surface area contributed by atoms with Gasteiger partial charge in [-0.2, -0.15) is 18.3 Å². The van der Waals surface area contributed by atoms with E-state index in [9.17, 15) is 18.0 Å². The highest BCUT2D eigenvalue weighted by atomic mass is 19.4. The summed E-state index contributed by atoms with van der Waals surface area (Å²) in [6.45, 7) is 2.61. The van der Waals surface area contributed by atoms with Gasteiger partial charge in [0.15, 0.2) is 11.4 Å². The summed E-state index contributed by atoms with van der Waals surface area (Å²) in [5.74, 6) is 0.260. The number of pyridine rings is 2. The first-order valence-electron chi connectivity index (χ1n) is 10.1. The standard InChI is InChI=1S/C23H18F3N5O2/c1-13-11-14(15-4-5-17-16(28-15)6-8-20(29-17)23(24,25)26)3-7-18(13)31-9-10-33-19-12-27-30(2)21(19)22(31)32/h3-8,11-12H,9-10H2,1-2H3. The van der Waals surface area contributed by atoms with Gasteiger partial charge in [0, 0.05) is 18.3 Å². The van der Waals surface area contributed by atoms with E-state index >= 15 is 0 Å². The summed E-state index contributed by atoms with van der Waals surface area (Å²) in [7, 11) is 1.69. The SMILES string of the molecule is Cc1cc(-c2ccc3nc(C(F)(F)F)ccc3n2)ccc1N1CCOc2cnn(C)c2C1=O. The second kappa shape index (κ2) is 7.58. The van der Waals surface area contributed by atoms with Crippen molar-refractivity contribution >= 4 is 22.6 Å². The van der Waals surface area contributed by atoms with Gasteiger partial charge in [-0.1, -0.05) is 6.07 Å². The van der Waals surface area contributed by atoms with Gasteiger partial charge in [0.05, 0.1) is 29.5 Å². The molecule has 7 nitrogen and oxygen atoms in total. The number of benzene rings is 1. The summed E-state index contributed by atoms with van der Waals surface area (Å²) < 4.78 is 45.9. The van der Waals surface area contributed by atoms with Crippen LogP contribution in [0.4, 0.5) is 18.9 Å². The van der Waals surface area contributed by atoms with Crippen molar-refractivity contribution in [2.45, 2.75) is 13.1 Å². The Balaban J connectivity index is 1.48. The number of nitrogens with zero attached hydrogens (tertiary/aromatic N) is 5. The second-order valence-electron chi connectivity index (χ2n) is 7.72. The Labute approximate surface area is 186 Å². The molecule has 0 radical (unpaired) electrons. The molecule has 1 aliphatic rings. The maximum Gasteiger partial charge on any atom is 0.433 e. The Kier molecular flexibility index (Phi) is 4.80. The van der Waals surface area contributed by atoms with Gasteiger partial charge in [-0.15, -0.1) is 0 Å². The first kappa shape index (κ1) is 20.9. The van der Waals surface area contributed by atoms with Gasteiger partial charge in [-0.05, 0) is 48.9 Å². The molecule has 1 aromatic carbocycles. The van der Waals surface area contributed by atoms with Gasteiger partial charge in [0.2, 0.25) is 0 Å². The number of anilines is 1. The quantitative estimate of drug-likeness (QED) is 0.450.